The SMILES string of the molecule is Cc1nc(CC(C)C)sc1C(=O)N(C)Cc1c(F)cccc1Cl. The second-order valence-corrected chi connectivity index (χ2v) is 7.47. The zero-order valence-electron chi connectivity index (χ0n) is 13.7. The van der Waals surface area contributed by atoms with Gasteiger partial charge in [-0.1, -0.05) is 31.5 Å². The summed E-state index contributed by atoms with van der Waals surface area (Å²) in [4.78, 5) is 19.2. The summed E-state index contributed by atoms with van der Waals surface area (Å²) in [6.45, 7) is 6.19. The van der Waals surface area contributed by atoms with E-state index in [1.165, 1.54) is 22.3 Å². The molecule has 0 fully saturated rings. The van der Waals surface area contributed by atoms with Crippen molar-refractivity contribution in [2.75, 3.05) is 7.05 Å². The second kappa shape index (κ2) is 7.41. The predicted molar refractivity (Wildman–Crippen MR) is 92.6 cm³/mol. The van der Waals surface area contributed by atoms with Gasteiger partial charge in [0.1, 0.15) is 10.7 Å². The van der Waals surface area contributed by atoms with Gasteiger partial charge in [-0.05, 0) is 25.0 Å². The summed E-state index contributed by atoms with van der Waals surface area (Å²) in [5.74, 6) is -0.0774. The van der Waals surface area contributed by atoms with E-state index >= 15 is 0 Å². The molecule has 0 radical (unpaired) electrons. The van der Waals surface area contributed by atoms with Crippen molar-refractivity contribution in [3.63, 3.8) is 0 Å². The second-order valence-electron chi connectivity index (χ2n) is 5.98. The molecule has 0 bridgehead atoms. The third-order valence-electron chi connectivity index (χ3n) is 3.42. The first-order chi connectivity index (χ1) is 10.8. The van der Waals surface area contributed by atoms with E-state index in [0.717, 1.165) is 17.1 Å². The Labute approximate surface area is 145 Å². The molecule has 6 heteroatoms. The molecule has 0 saturated carbocycles. The maximum absolute atomic E-state index is 13.9. The summed E-state index contributed by atoms with van der Waals surface area (Å²) in [6, 6.07) is 4.52. The standard InChI is InChI=1S/C17H20ClFN2OS/c1-10(2)8-15-20-11(3)16(23-15)17(22)21(4)9-12-13(18)6-5-7-14(12)19/h5-7,10H,8-9H2,1-4H3. The van der Waals surface area contributed by atoms with E-state index in [0.29, 0.717) is 21.4 Å². The van der Waals surface area contributed by atoms with Gasteiger partial charge in [-0.25, -0.2) is 9.37 Å². The molecule has 1 amide bonds. The Morgan fingerprint density at radius 3 is 2.74 bits per heavy atom. The van der Waals surface area contributed by atoms with Gasteiger partial charge in [0.05, 0.1) is 17.2 Å². The van der Waals surface area contributed by atoms with Crippen molar-refractivity contribution in [2.45, 2.75) is 33.7 Å². The quantitative estimate of drug-likeness (QED) is 0.778. The van der Waals surface area contributed by atoms with Gasteiger partial charge in [0, 0.05) is 24.1 Å². The largest absolute Gasteiger partial charge is 0.336 e. The molecule has 3 nitrogen and oxygen atoms in total. The number of aromatic nitrogens is 1. The van der Waals surface area contributed by atoms with Crippen LogP contribution in [-0.4, -0.2) is 22.8 Å². The number of hydrogen-bond acceptors (Lipinski definition) is 3. The highest BCUT2D eigenvalue weighted by Gasteiger charge is 2.21. The molecule has 124 valence electrons. The number of amides is 1. The van der Waals surface area contributed by atoms with Gasteiger partial charge in [-0.3, -0.25) is 4.79 Å². The number of carbonyl (C=O) groups excluding carboxylic acids is 1. The molecule has 0 N–H and O–H groups in total. The number of rotatable bonds is 5. The number of benzene rings is 1. The summed E-state index contributed by atoms with van der Waals surface area (Å²) in [5.41, 5.74) is 1.05. The zero-order chi connectivity index (χ0) is 17.1. The molecule has 2 aromatic rings. The monoisotopic (exact) mass is 354 g/mol. The number of halogens is 2. The molecule has 1 aromatic carbocycles. The number of carbonyl (C=O) groups is 1. The smallest absolute Gasteiger partial charge is 0.265 e. The topological polar surface area (TPSA) is 33.2 Å². The molecule has 0 saturated heterocycles. The summed E-state index contributed by atoms with van der Waals surface area (Å²) in [5, 5.41) is 1.28. The molecule has 0 atom stereocenters. The molecule has 0 aliphatic rings. The van der Waals surface area contributed by atoms with Crippen LogP contribution in [0.15, 0.2) is 18.2 Å². The van der Waals surface area contributed by atoms with Crippen LogP contribution in [0.3, 0.4) is 0 Å². The minimum absolute atomic E-state index is 0.126. The fourth-order valence-electron chi connectivity index (χ4n) is 2.25. The van der Waals surface area contributed by atoms with Crippen LogP contribution in [-0.2, 0) is 13.0 Å². The van der Waals surface area contributed by atoms with E-state index in [4.69, 9.17) is 11.6 Å². The number of nitrogens with zero attached hydrogens (tertiary/aromatic N) is 2. The molecular weight excluding hydrogens is 335 g/mol. The van der Waals surface area contributed by atoms with Crippen molar-refractivity contribution in [1.82, 2.24) is 9.88 Å². The third-order valence-corrected chi connectivity index (χ3v) is 4.94. The fraction of sp³-hybridized carbons (Fsp3) is 0.412. The Bertz CT molecular complexity index is 694. The molecule has 23 heavy (non-hydrogen) atoms. The van der Waals surface area contributed by atoms with Crippen LogP contribution in [0.4, 0.5) is 4.39 Å². The Balaban J connectivity index is 2.18. The van der Waals surface area contributed by atoms with Gasteiger partial charge < -0.3 is 4.90 Å². The van der Waals surface area contributed by atoms with E-state index in [1.807, 2.05) is 6.92 Å². The Morgan fingerprint density at radius 2 is 2.13 bits per heavy atom. The first kappa shape index (κ1) is 17.9. The van der Waals surface area contributed by atoms with Gasteiger partial charge in [0.2, 0.25) is 0 Å². The van der Waals surface area contributed by atoms with Gasteiger partial charge in [-0.2, -0.15) is 0 Å². The first-order valence-corrected chi connectivity index (χ1v) is 8.63. The fourth-order valence-corrected chi connectivity index (χ4v) is 3.75. The Kier molecular flexibility index (Phi) is 5.76. The summed E-state index contributed by atoms with van der Waals surface area (Å²) >= 11 is 7.44. The Hall–Kier alpha value is -1.46. The lowest BCUT2D eigenvalue weighted by Gasteiger charge is -2.18. The lowest BCUT2D eigenvalue weighted by molar-refractivity contribution is 0.0788. The van der Waals surface area contributed by atoms with Gasteiger partial charge >= 0.3 is 0 Å². The van der Waals surface area contributed by atoms with Crippen molar-refractivity contribution in [3.05, 3.63) is 50.2 Å². The number of thiazole rings is 1. The summed E-state index contributed by atoms with van der Waals surface area (Å²) < 4.78 is 13.9. The minimum atomic E-state index is -0.404. The van der Waals surface area contributed by atoms with E-state index < -0.39 is 5.82 Å². The molecule has 0 spiro atoms. The highest BCUT2D eigenvalue weighted by molar-refractivity contribution is 7.13. The molecular formula is C17H20ClFN2OS. The summed E-state index contributed by atoms with van der Waals surface area (Å²) in [6.07, 6.45) is 0.849. The maximum atomic E-state index is 13.9. The van der Waals surface area contributed by atoms with E-state index in [2.05, 4.69) is 18.8 Å². The molecule has 0 unspecified atom stereocenters. The van der Waals surface area contributed by atoms with Gasteiger partial charge in [0.25, 0.3) is 5.91 Å². The van der Waals surface area contributed by atoms with Crippen molar-refractivity contribution >= 4 is 28.8 Å². The van der Waals surface area contributed by atoms with Crippen molar-refractivity contribution < 1.29 is 9.18 Å². The van der Waals surface area contributed by atoms with Gasteiger partial charge in [-0.15, -0.1) is 11.3 Å². The Morgan fingerprint density at radius 1 is 1.43 bits per heavy atom. The van der Waals surface area contributed by atoms with Crippen LogP contribution in [0, 0.1) is 18.7 Å². The average Bonchev–Trinajstić information content (AvgIpc) is 2.81. The highest BCUT2D eigenvalue weighted by atomic mass is 35.5. The van der Waals surface area contributed by atoms with Crippen LogP contribution in [0.1, 0.15) is 39.8 Å². The average molecular weight is 355 g/mol. The van der Waals surface area contributed by atoms with Crippen LogP contribution in [0.2, 0.25) is 5.02 Å². The van der Waals surface area contributed by atoms with Crippen molar-refractivity contribution in [1.29, 1.82) is 0 Å². The molecule has 0 aliphatic carbocycles. The van der Waals surface area contributed by atoms with Crippen LogP contribution >= 0.6 is 22.9 Å². The zero-order valence-corrected chi connectivity index (χ0v) is 15.3. The number of hydrogen-bond donors (Lipinski definition) is 0. The normalized spacial score (nSPS) is 11.1. The van der Waals surface area contributed by atoms with E-state index in [1.54, 1.807) is 19.2 Å². The number of aryl methyl sites for hydroxylation is 1. The van der Waals surface area contributed by atoms with Crippen LogP contribution < -0.4 is 0 Å². The van der Waals surface area contributed by atoms with Crippen molar-refractivity contribution in [2.24, 2.45) is 5.92 Å². The lowest BCUT2D eigenvalue weighted by Crippen LogP contribution is -2.26. The molecule has 0 aliphatic heterocycles. The lowest BCUT2D eigenvalue weighted by atomic mass is 10.1. The molecule has 2 rings (SSSR count). The molecule has 1 heterocycles. The van der Waals surface area contributed by atoms with Crippen molar-refractivity contribution in [3.8, 4) is 0 Å². The van der Waals surface area contributed by atoms with E-state index in [-0.39, 0.29) is 12.5 Å². The maximum Gasteiger partial charge on any atom is 0.265 e. The summed E-state index contributed by atoms with van der Waals surface area (Å²) in [7, 11) is 1.65. The van der Waals surface area contributed by atoms with Crippen LogP contribution in [0.5, 0.6) is 0 Å². The first-order valence-electron chi connectivity index (χ1n) is 7.44. The predicted octanol–water partition coefficient (Wildman–Crippen LogP) is 4.71. The van der Waals surface area contributed by atoms with E-state index in [9.17, 15) is 9.18 Å². The minimum Gasteiger partial charge on any atom is -0.336 e. The highest BCUT2D eigenvalue weighted by Crippen LogP contribution is 2.25. The van der Waals surface area contributed by atoms with Gasteiger partial charge in [0.15, 0.2) is 0 Å². The van der Waals surface area contributed by atoms with Crippen LogP contribution in [0.25, 0.3) is 0 Å². The third kappa shape index (κ3) is 4.30. The molecule has 1 aromatic heterocycles.